The van der Waals surface area contributed by atoms with Crippen LogP contribution in [0, 0.1) is 11.6 Å². The van der Waals surface area contributed by atoms with Crippen molar-refractivity contribution in [2.24, 2.45) is 0 Å². The summed E-state index contributed by atoms with van der Waals surface area (Å²) in [6, 6.07) is 1.65. The average Bonchev–Trinajstić information content (AvgIpc) is 2.91. The normalized spacial score (nSPS) is 10.5. The molecule has 3 N–H and O–H groups in total. The lowest BCUT2D eigenvalue weighted by atomic mass is 10.1. The Kier molecular flexibility index (Phi) is 4.24. The molecule has 1 aromatic heterocycles. The van der Waals surface area contributed by atoms with E-state index in [1.54, 1.807) is 17.1 Å². The Morgan fingerprint density at radius 1 is 1.40 bits per heavy atom. The third-order valence-electron chi connectivity index (χ3n) is 2.63. The molecule has 106 valence electrons. The molecule has 2 aromatic rings. The van der Waals surface area contributed by atoms with Crippen molar-refractivity contribution < 1.29 is 13.6 Å². The van der Waals surface area contributed by atoms with Crippen LogP contribution in [-0.2, 0) is 6.54 Å². The number of rotatable bonds is 5. The number of nitrogen functional groups attached to an aromatic ring is 1. The Labute approximate surface area is 113 Å². The Morgan fingerprint density at radius 3 is 2.90 bits per heavy atom. The van der Waals surface area contributed by atoms with E-state index in [0.29, 0.717) is 19.5 Å². The van der Waals surface area contributed by atoms with Gasteiger partial charge in [-0.2, -0.15) is 0 Å². The minimum atomic E-state index is -0.917. The van der Waals surface area contributed by atoms with E-state index in [9.17, 15) is 13.6 Å². The summed E-state index contributed by atoms with van der Waals surface area (Å²) in [6.45, 7) is 0.864. The highest BCUT2D eigenvalue weighted by Crippen LogP contribution is 2.17. The van der Waals surface area contributed by atoms with Crippen molar-refractivity contribution in [3.63, 3.8) is 0 Å². The summed E-state index contributed by atoms with van der Waals surface area (Å²) in [6.07, 6.45) is 3.82. The summed E-state index contributed by atoms with van der Waals surface area (Å²) >= 11 is 0. The molecular weight excluding hydrogens is 268 g/mol. The summed E-state index contributed by atoms with van der Waals surface area (Å²) in [4.78, 5) is 11.7. The first-order valence-corrected chi connectivity index (χ1v) is 5.94. The number of nitrogens with two attached hydrogens (primary N) is 1. The van der Waals surface area contributed by atoms with Gasteiger partial charge in [0.05, 0.1) is 17.4 Å². The molecule has 0 spiro atoms. The van der Waals surface area contributed by atoms with Crippen LogP contribution < -0.4 is 11.1 Å². The largest absolute Gasteiger partial charge is 0.396 e. The van der Waals surface area contributed by atoms with Gasteiger partial charge >= 0.3 is 0 Å². The predicted molar refractivity (Wildman–Crippen MR) is 67.7 cm³/mol. The van der Waals surface area contributed by atoms with E-state index in [0.717, 1.165) is 12.1 Å². The fourth-order valence-corrected chi connectivity index (χ4v) is 1.67. The molecular formula is C12H13F2N5O. The number of hydrogen-bond donors (Lipinski definition) is 2. The highest BCUT2D eigenvalue weighted by Gasteiger charge is 2.15. The minimum Gasteiger partial charge on any atom is -0.396 e. The van der Waals surface area contributed by atoms with Crippen LogP contribution in [0.25, 0.3) is 0 Å². The number of anilines is 1. The van der Waals surface area contributed by atoms with Crippen molar-refractivity contribution in [3.8, 4) is 0 Å². The Balaban J connectivity index is 1.89. The second-order valence-electron chi connectivity index (χ2n) is 4.13. The van der Waals surface area contributed by atoms with E-state index in [4.69, 9.17) is 5.73 Å². The molecule has 0 bridgehead atoms. The molecule has 0 saturated carbocycles. The fraction of sp³-hybridized carbons (Fsp3) is 0.250. The Hall–Kier alpha value is -2.51. The maximum atomic E-state index is 13.6. The molecule has 6 nitrogen and oxygen atoms in total. The molecule has 0 aliphatic carbocycles. The van der Waals surface area contributed by atoms with Gasteiger partial charge < -0.3 is 11.1 Å². The van der Waals surface area contributed by atoms with Gasteiger partial charge in [0.2, 0.25) is 0 Å². The molecule has 8 heteroatoms. The zero-order valence-electron chi connectivity index (χ0n) is 10.5. The lowest BCUT2D eigenvalue weighted by Crippen LogP contribution is -2.26. The Morgan fingerprint density at radius 2 is 2.20 bits per heavy atom. The molecule has 20 heavy (non-hydrogen) atoms. The number of amides is 1. The molecule has 0 saturated heterocycles. The number of aromatic nitrogens is 3. The number of carbonyl (C=O) groups is 1. The van der Waals surface area contributed by atoms with Crippen LogP contribution in [0.15, 0.2) is 24.5 Å². The molecule has 2 rings (SSSR count). The number of aryl methyl sites for hydroxylation is 1. The second kappa shape index (κ2) is 6.09. The minimum absolute atomic E-state index is 0.300. The summed E-state index contributed by atoms with van der Waals surface area (Å²) in [7, 11) is 0. The van der Waals surface area contributed by atoms with Crippen molar-refractivity contribution in [1.29, 1.82) is 0 Å². The van der Waals surface area contributed by atoms with Crippen molar-refractivity contribution in [2.45, 2.75) is 13.0 Å². The van der Waals surface area contributed by atoms with Crippen molar-refractivity contribution in [3.05, 3.63) is 41.7 Å². The number of halogens is 2. The van der Waals surface area contributed by atoms with Crippen LogP contribution >= 0.6 is 0 Å². The smallest absolute Gasteiger partial charge is 0.254 e. The monoisotopic (exact) mass is 281 g/mol. The van der Waals surface area contributed by atoms with Gasteiger partial charge in [-0.25, -0.2) is 8.78 Å². The highest BCUT2D eigenvalue weighted by molar-refractivity contribution is 5.95. The first-order valence-electron chi connectivity index (χ1n) is 5.94. The van der Waals surface area contributed by atoms with Crippen LogP contribution in [0.2, 0.25) is 0 Å². The SMILES string of the molecule is Nc1cc(F)cc(C(=O)NCCCn2ccnn2)c1F. The molecule has 0 atom stereocenters. The number of hydrogen-bond acceptors (Lipinski definition) is 4. The molecule has 0 fully saturated rings. The average molecular weight is 281 g/mol. The second-order valence-corrected chi connectivity index (χ2v) is 4.13. The fourth-order valence-electron chi connectivity index (χ4n) is 1.67. The van der Waals surface area contributed by atoms with Gasteiger partial charge in [0.1, 0.15) is 5.82 Å². The molecule has 1 aromatic carbocycles. The quantitative estimate of drug-likeness (QED) is 0.631. The lowest BCUT2D eigenvalue weighted by Gasteiger charge is -2.07. The van der Waals surface area contributed by atoms with Crippen molar-refractivity contribution >= 4 is 11.6 Å². The maximum Gasteiger partial charge on any atom is 0.254 e. The number of carbonyl (C=O) groups excluding carboxylic acids is 1. The van der Waals surface area contributed by atoms with Crippen LogP contribution in [0.3, 0.4) is 0 Å². The third kappa shape index (κ3) is 3.28. The summed E-state index contributed by atoms with van der Waals surface area (Å²) in [5.74, 6) is -2.37. The van der Waals surface area contributed by atoms with Gasteiger partial charge in [-0.15, -0.1) is 5.10 Å². The van der Waals surface area contributed by atoms with Crippen molar-refractivity contribution in [1.82, 2.24) is 20.3 Å². The molecule has 1 heterocycles. The summed E-state index contributed by atoms with van der Waals surface area (Å²) in [5, 5.41) is 9.89. The van der Waals surface area contributed by atoms with E-state index < -0.39 is 28.8 Å². The van der Waals surface area contributed by atoms with E-state index in [1.807, 2.05) is 0 Å². The van der Waals surface area contributed by atoms with E-state index >= 15 is 0 Å². The maximum absolute atomic E-state index is 13.6. The Bertz CT molecular complexity index is 600. The standard InChI is InChI=1S/C12H13F2N5O/c13-8-6-9(11(14)10(15)7-8)12(20)16-2-1-4-19-5-3-17-18-19/h3,5-7H,1-2,4,15H2,(H,16,20). The van der Waals surface area contributed by atoms with Crippen LogP contribution in [0.1, 0.15) is 16.8 Å². The predicted octanol–water partition coefficient (Wildman–Crippen LogP) is 0.959. The first-order chi connectivity index (χ1) is 9.58. The molecule has 0 unspecified atom stereocenters. The third-order valence-corrected chi connectivity index (χ3v) is 2.63. The molecule has 0 aliphatic rings. The van der Waals surface area contributed by atoms with E-state index in [-0.39, 0.29) is 0 Å². The first kappa shape index (κ1) is 13.9. The molecule has 0 radical (unpaired) electrons. The lowest BCUT2D eigenvalue weighted by molar-refractivity contribution is 0.0948. The van der Waals surface area contributed by atoms with Crippen molar-refractivity contribution in [2.75, 3.05) is 12.3 Å². The van der Waals surface area contributed by atoms with Gasteiger partial charge in [-0.1, -0.05) is 5.21 Å². The zero-order chi connectivity index (χ0) is 14.5. The van der Waals surface area contributed by atoms with E-state index in [1.165, 1.54) is 0 Å². The van der Waals surface area contributed by atoms with Crippen LogP contribution in [0.4, 0.5) is 14.5 Å². The number of benzene rings is 1. The van der Waals surface area contributed by atoms with Crippen LogP contribution in [0.5, 0.6) is 0 Å². The number of nitrogens with one attached hydrogen (secondary N) is 1. The number of nitrogens with zero attached hydrogens (tertiary/aromatic N) is 3. The van der Waals surface area contributed by atoms with Gasteiger partial charge in [-0.05, 0) is 18.6 Å². The van der Waals surface area contributed by atoms with Crippen LogP contribution in [-0.4, -0.2) is 27.4 Å². The molecule has 1 amide bonds. The van der Waals surface area contributed by atoms with E-state index in [2.05, 4.69) is 15.6 Å². The topological polar surface area (TPSA) is 85.8 Å². The highest BCUT2D eigenvalue weighted by atomic mass is 19.1. The van der Waals surface area contributed by atoms with Gasteiger partial charge in [0.15, 0.2) is 5.82 Å². The zero-order valence-corrected chi connectivity index (χ0v) is 10.5. The summed E-state index contributed by atoms with van der Waals surface area (Å²) < 4.78 is 28.3. The van der Waals surface area contributed by atoms with Gasteiger partial charge in [0.25, 0.3) is 5.91 Å². The van der Waals surface area contributed by atoms with Gasteiger partial charge in [-0.3, -0.25) is 9.48 Å². The molecule has 0 aliphatic heterocycles. The van der Waals surface area contributed by atoms with Gasteiger partial charge in [0, 0.05) is 19.3 Å². The summed E-state index contributed by atoms with van der Waals surface area (Å²) in [5.41, 5.74) is 4.47.